The highest BCUT2D eigenvalue weighted by Gasteiger charge is 2.20. The third-order valence-corrected chi connectivity index (χ3v) is 6.34. The normalized spacial score (nSPS) is 18.3. The molecule has 0 radical (unpaired) electrons. The Bertz CT molecular complexity index is 895. The van der Waals surface area contributed by atoms with E-state index in [9.17, 15) is 9.90 Å². The average Bonchev–Trinajstić information content (AvgIpc) is 2.79. The van der Waals surface area contributed by atoms with Crippen LogP contribution < -0.4 is 10.6 Å². The van der Waals surface area contributed by atoms with Crippen molar-refractivity contribution in [1.29, 1.82) is 0 Å². The second-order valence-electron chi connectivity index (χ2n) is 8.63. The van der Waals surface area contributed by atoms with Crippen molar-refractivity contribution in [3.63, 3.8) is 0 Å². The molecule has 2 aliphatic rings. The predicted octanol–water partition coefficient (Wildman–Crippen LogP) is 2.73. The number of β-amino-alcohol motifs (C(OH)–C–C–N with tert-alkyl or cyclic N) is 1. The van der Waals surface area contributed by atoms with E-state index >= 15 is 0 Å². The summed E-state index contributed by atoms with van der Waals surface area (Å²) in [6, 6.07) is 14.6. The molecule has 3 N–H and O–H groups in total. The Hall–Kier alpha value is -2.41. The molecule has 6 heteroatoms. The van der Waals surface area contributed by atoms with Crippen molar-refractivity contribution in [3.05, 3.63) is 64.7 Å². The van der Waals surface area contributed by atoms with E-state index in [-0.39, 0.29) is 12.5 Å². The number of carbonyl (C=O) groups is 1. The third-order valence-electron chi connectivity index (χ3n) is 6.34. The summed E-state index contributed by atoms with van der Waals surface area (Å²) in [6.07, 6.45) is 2.35. The maximum Gasteiger partial charge on any atom is 0.251 e. The summed E-state index contributed by atoms with van der Waals surface area (Å²) in [4.78, 5) is 15.0. The first kappa shape index (κ1) is 21.8. The lowest BCUT2D eigenvalue weighted by Gasteiger charge is -2.30. The number of hydrogen-bond donors (Lipinski definition) is 3. The molecule has 0 bridgehead atoms. The number of ether oxygens (including phenoxy) is 1. The van der Waals surface area contributed by atoms with E-state index in [2.05, 4.69) is 39.8 Å². The molecule has 2 heterocycles. The van der Waals surface area contributed by atoms with E-state index in [0.717, 1.165) is 56.8 Å². The van der Waals surface area contributed by atoms with Gasteiger partial charge in [0.1, 0.15) is 0 Å². The minimum Gasteiger partial charge on any atom is -0.390 e. The maximum atomic E-state index is 12.8. The number of rotatable bonds is 7. The number of hydrogen-bond acceptors (Lipinski definition) is 5. The fraction of sp³-hybridized carbons (Fsp3) is 0.480. The van der Waals surface area contributed by atoms with Gasteiger partial charge >= 0.3 is 0 Å². The number of aliphatic hydroxyl groups is 1. The van der Waals surface area contributed by atoms with Gasteiger partial charge in [-0.25, -0.2) is 0 Å². The second kappa shape index (κ2) is 10.3. The summed E-state index contributed by atoms with van der Waals surface area (Å²) in [7, 11) is 0. The van der Waals surface area contributed by atoms with Crippen LogP contribution in [0.15, 0.2) is 42.5 Å². The van der Waals surface area contributed by atoms with E-state index in [4.69, 9.17) is 4.74 Å². The molecular formula is C25H33N3O3. The molecule has 166 valence electrons. The van der Waals surface area contributed by atoms with Crippen molar-refractivity contribution in [3.8, 4) is 0 Å². The van der Waals surface area contributed by atoms with Crippen LogP contribution in [0.25, 0.3) is 0 Å². The molecule has 0 saturated carbocycles. The number of nitrogens with zero attached hydrogens (tertiary/aromatic N) is 1. The third kappa shape index (κ3) is 5.64. The topological polar surface area (TPSA) is 73.8 Å². The minimum absolute atomic E-state index is 0.142. The first-order chi connectivity index (χ1) is 15.1. The van der Waals surface area contributed by atoms with Gasteiger partial charge in [0.25, 0.3) is 5.91 Å². The Balaban J connectivity index is 1.29. The predicted molar refractivity (Wildman–Crippen MR) is 122 cm³/mol. The summed E-state index contributed by atoms with van der Waals surface area (Å²) in [5.74, 6) is -0.142. The zero-order valence-electron chi connectivity index (χ0n) is 18.3. The van der Waals surface area contributed by atoms with Crippen LogP contribution >= 0.6 is 0 Å². The summed E-state index contributed by atoms with van der Waals surface area (Å²) in [6.45, 7) is 6.10. The van der Waals surface area contributed by atoms with Gasteiger partial charge in [-0.1, -0.05) is 30.3 Å². The lowest BCUT2D eigenvalue weighted by molar-refractivity contribution is 0.0841. The van der Waals surface area contributed by atoms with Crippen molar-refractivity contribution < 1.29 is 14.6 Å². The minimum atomic E-state index is -0.599. The van der Waals surface area contributed by atoms with E-state index in [1.807, 2.05) is 25.1 Å². The van der Waals surface area contributed by atoms with Gasteiger partial charge in [0, 0.05) is 56.7 Å². The van der Waals surface area contributed by atoms with Crippen LogP contribution in [0.3, 0.4) is 0 Å². The molecule has 31 heavy (non-hydrogen) atoms. The molecule has 0 spiro atoms. The highest BCUT2D eigenvalue weighted by molar-refractivity contribution is 5.97. The van der Waals surface area contributed by atoms with Gasteiger partial charge in [-0.3, -0.25) is 9.69 Å². The molecule has 1 fully saturated rings. The van der Waals surface area contributed by atoms with Crippen LogP contribution in [0, 0.1) is 6.92 Å². The Morgan fingerprint density at radius 3 is 2.74 bits per heavy atom. The van der Waals surface area contributed by atoms with Crippen molar-refractivity contribution in [2.75, 3.05) is 38.2 Å². The van der Waals surface area contributed by atoms with Crippen molar-refractivity contribution in [2.24, 2.45) is 0 Å². The summed E-state index contributed by atoms with van der Waals surface area (Å²) < 4.78 is 5.42. The fourth-order valence-electron chi connectivity index (χ4n) is 4.48. The first-order valence-corrected chi connectivity index (χ1v) is 11.3. The van der Waals surface area contributed by atoms with Gasteiger partial charge < -0.3 is 20.5 Å². The largest absolute Gasteiger partial charge is 0.390 e. The second-order valence-corrected chi connectivity index (χ2v) is 8.63. The van der Waals surface area contributed by atoms with Gasteiger partial charge in [0.15, 0.2) is 0 Å². The van der Waals surface area contributed by atoms with Crippen LogP contribution in [0.1, 0.15) is 39.9 Å². The Morgan fingerprint density at radius 1 is 1.16 bits per heavy atom. The van der Waals surface area contributed by atoms with Gasteiger partial charge in [0.05, 0.1) is 6.10 Å². The summed E-state index contributed by atoms with van der Waals surface area (Å²) in [5, 5.41) is 17.0. The molecule has 2 aliphatic heterocycles. The van der Waals surface area contributed by atoms with Crippen molar-refractivity contribution in [1.82, 2.24) is 10.2 Å². The molecule has 1 unspecified atom stereocenters. The average molecular weight is 424 g/mol. The first-order valence-electron chi connectivity index (χ1n) is 11.3. The zero-order valence-corrected chi connectivity index (χ0v) is 18.3. The molecule has 0 aliphatic carbocycles. The molecular weight excluding hydrogens is 390 g/mol. The number of aliphatic hydroxyl groups excluding tert-OH is 1. The highest BCUT2D eigenvalue weighted by Crippen LogP contribution is 2.22. The number of fused-ring (bicyclic) bond motifs is 1. The maximum absolute atomic E-state index is 12.8. The molecule has 1 amide bonds. The lowest BCUT2D eigenvalue weighted by Crippen LogP contribution is -2.42. The van der Waals surface area contributed by atoms with Gasteiger partial charge in [-0.15, -0.1) is 0 Å². The highest BCUT2D eigenvalue weighted by atomic mass is 16.5. The number of anilines is 1. The molecule has 4 rings (SSSR count). The van der Waals surface area contributed by atoms with Gasteiger partial charge in [-0.05, 0) is 55.0 Å². The lowest BCUT2D eigenvalue weighted by atomic mass is 10.00. The van der Waals surface area contributed by atoms with E-state index < -0.39 is 6.10 Å². The number of nitrogens with one attached hydrogen (secondary N) is 2. The quantitative estimate of drug-likeness (QED) is 0.639. The van der Waals surface area contributed by atoms with Crippen LogP contribution in [-0.2, 0) is 17.7 Å². The summed E-state index contributed by atoms with van der Waals surface area (Å²) >= 11 is 0. The number of amides is 1. The van der Waals surface area contributed by atoms with E-state index in [1.165, 1.54) is 11.1 Å². The monoisotopic (exact) mass is 423 g/mol. The summed E-state index contributed by atoms with van der Waals surface area (Å²) in [5.41, 5.74) is 5.30. The van der Waals surface area contributed by atoms with Crippen LogP contribution in [0.5, 0.6) is 0 Å². The van der Waals surface area contributed by atoms with Gasteiger partial charge in [0.2, 0.25) is 0 Å². The zero-order chi connectivity index (χ0) is 21.6. The molecule has 6 nitrogen and oxygen atoms in total. The fourth-order valence-corrected chi connectivity index (χ4v) is 4.48. The van der Waals surface area contributed by atoms with Crippen molar-refractivity contribution in [2.45, 2.75) is 44.9 Å². The Kier molecular flexibility index (Phi) is 7.22. The van der Waals surface area contributed by atoms with E-state index in [0.29, 0.717) is 18.2 Å². The molecule has 2 aromatic rings. The van der Waals surface area contributed by atoms with Crippen LogP contribution in [-0.4, -0.2) is 60.9 Å². The van der Waals surface area contributed by atoms with Crippen molar-refractivity contribution >= 4 is 11.6 Å². The molecule has 2 aromatic carbocycles. The number of carbonyl (C=O) groups excluding carboxylic acids is 1. The Morgan fingerprint density at radius 2 is 1.94 bits per heavy atom. The molecule has 0 aromatic heterocycles. The van der Waals surface area contributed by atoms with Crippen LogP contribution in [0.4, 0.5) is 5.69 Å². The smallest absolute Gasteiger partial charge is 0.251 e. The Labute approximate surface area is 184 Å². The van der Waals surface area contributed by atoms with Crippen LogP contribution in [0.2, 0.25) is 0 Å². The standard InChI is InChI=1S/C25H33N3O3/c1-18-23(7-4-8-24(18)27-21-10-13-31-14-11-21)25(30)26-15-22(29)17-28-12-9-19-5-2-3-6-20(19)16-28/h2-8,21-22,27,29H,9-17H2,1H3,(H,26,30). The van der Waals surface area contributed by atoms with E-state index in [1.54, 1.807) is 0 Å². The number of benzene rings is 2. The SMILES string of the molecule is Cc1c(NC2CCOCC2)cccc1C(=O)NCC(O)CN1CCc2ccccc2C1. The molecule has 1 atom stereocenters. The molecule has 1 saturated heterocycles. The van der Waals surface area contributed by atoms with Gasteiger partial charge in [-0.2, -0.15) is 0 Å².